The number of hydrogen-bond acceptors (Lipinski definition) is 8. The standard InChI is InChI=1S/C18H21ClN6O3/c1-4-27-9-8-25-15-13(14(24-25)17(26)28-5-2)22-18(19)23-16(15)21-12-10-11(3)6-7-20-12/h6-7,10H,4-5,8-9H2,1-3H3,(H,20,21,22,23). The van der Waals surface area contributed by atoms with Crippen molar-refractivity contribution in [1.29, 1.82) is 0 Å². The third-order valence-electron chi connectivity index (χ3n) is 3.84. The van der Waals surface area contributed by atoms with Crippen LogP contribution in [0.3, 0.4) is 0 Å². The van der Waals surface area contributed by atoms with Gasteiger partial charge < -0.3 is 14.8 Å². The van der Waals surface area contributed by atoms with Crippen LogP contribution < -0.4 is 5.32 Å². The largest absolute Gasteiger partial charge is 0.461 e. The summed E-state index contributed by atoms with van der Waals surface area (Å²) >= 11 is 6.11. The van der Waals surface area contributed by atoms with Crippen molar-refractivity contribution in [3.63, 3.8) is 0 Å². The van der Waals surface area contributed by atoms with Crippen molar-refractivity contribution >= 4 is 40.2 Å². The molecule has 0 spiro atoms. The number of carbonyl (C=O) groups is 1. The summed E-state index contributed by atoms with van der Waals surface area (Å²) in [7, 11) is 0. The summed E-state index contributed by atoms with van der Waals surface area (Å²) in [5, 5.41) is 7.51. The SMILES string of the molecule is CCOCCn1nc(C(=O)OCC)c2nc(Cl)nc(Nc3cc(C)ccn3)c21. The Kier molecular flexibility index (Phi) is 6.37. The number of pyridine rings is 1. The molecule has 0 radical (unpaired) electrons. The smallest absolute Gasteiger partial charge is 0.361 e. The Labute approximate surface area is 167 Å². The van der Waals surface area contributed by atoms with Gasteiger partial charge in [-0.1, -0.05) is 0 Å². The summed E-state index contributed by atoms with van der Waals surface area (Å²) in [6.45, 7) is 7.22. The molecule has 9 nitrogen and oxygen atoms in total. The fourth-order valence-corrected chi connectivity index (χ4v) is 2.83. The van der Waals surface area contributed by atoms with Crippen molar-refractivity contribution in [2.45, 2.75) is 27.3 Å². The van der Waals surface area contributed by atoms with Crippen LogP contribution in [0.5, 0.6) is 0 Å². The molecular formula is C18H21ClN6O3. The number of anilines is 2. The van der Waals surface area contributed by atoms with Crippen molar-refractivity contribution in [1.82, 2.24) is 24.7 Å². The van der Waals surface area contributed by atoms with Gasteiger partial charge in [0.1, 0.15) is 16.9 Å². The molecule has 3 heterocycles. The van der Waals surface area contributed by atoms with Gasteiger partial charge in [0, 0.05) is 12.8 Å². The maximum atomic E-state index is 12.4. The topological polar surface area (TPSA) is 104 Å². The van der Waals surface area contributed by atoms with E-state index in [1.165, 1.54) is 0 Å². The molecule has 0 aliphatic heterocycles. The zero-order chi connectivity index (χ0) is 20.1. The number of esters is 1. The number of rotatable bonds is 8. The van der Waals surface area contributed by atoms with Gasteiger partial charge in [-0.05, 0) is 50.1 Å². The van der Waals surface area contributed by atoms with Gasteiger partial charge >= 0.3 is 5.97 Å². The second-order valence-corrected chi connectivity index (χ2v) is 6.21. The molecule has 148 valence electrons. The van der Waals surface area contributed by atoms with Gasteiger partial charge in [-0.2, -0.15) is 10.1 Å². The quantitative estimate of drug-likeness (QED) is 0.347. The first kappa shape index (κ1) is 20.0. The van der Waals surface area contributed by atoms with Gasteiger partial charge in [0.2, 0.25) is 5.28 Å². The van der Waals surface area contributed by atoms with Crippen molar-refractivity contribution in [3.05, 3.63) is 34.9 Å². The number of carbonyl (C=O) groups excluding carboxylic acids is 1. The van der Waals surface area contributed by atoms with Gasteiger partial charge in [0.05, 0.1) is 19.8 Å². The average Bonchev–Trinajstić information content (AvgIpc) is 3.01. The summed E-state index contributed by atoms with van der Waals surface area (Å²) < 4.78 is 12.1. The van der Waals surface area contributed by atoms with Crippen LogP contribution in [0.15, 0.2) is 18.3 Å². The fourth-order valence-electron chi connectivity index (χ4n) is 2.66. The van der Waals surface area contributed by atoms with Gasteiger partial charge in [0.25, 0.3) is 0 Å². The molecule has 1 N–H and O–H groups in total. The Hall–Kier alpha value is -2.78. The van der Waals surface area contributed by atoms with Gasteiger partial charge in [-0.25, -0.2) is 14.8 Å². The Balaban J connectivity index is 2.12. The third kappa shape index (κ3) is 4.37. The Morgan fingerprint density at radius 1 is 1.29 bits per heavy atom. The van der Waals surface area contributed by atoms with E-state index in [1.807, 2.05) is 26.0 Å². The molecule has 0 amide bonds. The number of aromatic nitrogens is 5. The van der Waals surface area contributed by atoms with E-state index in [1.54, 1.807) is 17.8 Å². The highest BCUT2D eigenvalue weighted by Crippen LogP contribution is 2.27. The van der Waals surface area contributed by atoms with Crippen LogP contribution in [0.1, 0.15) is 29.9 Å². The lowest BCUT2D eigenvalue weighted by molar-refractivity contribution is 0.0519. The normalized spacial score (nSPS) is 11.0. The second kappa shape index (κ2) is 8.94. The number of ether oxygens (including phenoxy) is 2. The van der Waals surface area contributed by atoms with E-state index in [2.05, 4.69) is 25.4 Å². The first-order valence-corrected chi connectivity index (χ1v) is 9.29. The minimum atomic E-state index is -0.572. The van der Waals surface area contributed by atoms with Crippen molar-refractivity contribution in [2.24, 2.45) is 0 Å². The van der Waals surface area contributed by atoms with Crippen molar-refractivity contribution < 1.29 is 14.3 Å². The monoisotopic (exact) mass is 404 g/mol. The minimum absolute atomic E-state index is 0.0161. The van der Waals surface area contributed by atoms with Crippen molar-refractivity contribution in [3.8, 4) is 0 Å². The first-order chi connectivity index (χ1) is 13.5. The predicted octanol–water partition coefficient (Wildman–Crippen LogP) is 3.14. The maximum Gasteiger partial charge on any atom is 0.361 e. The summed E-state index contributed by atoms with van der Waals surface area (Å²) in [6.07, 6.45) is 1.69. The van der Waals surface area contributed by atoms with Crippen LogP contribution in [0, 0.1) is 6.92 Å². The van der Waals surface area contributed by atoms with E-state index in [0.29, 0.717) is 42.4 Å². The zero-order valence-corrected chi connectivity index (χ0v) is 16.7. The zero-order valence-electron chi connectivity index (χ0n) is 15.9. The molecule has 0 aliphatic carbocycles. The molecule has 0 unspecified atom stereocenters. The van der Waals surface area contributed by atoms with E-state index >= 15 is 0 Å². The van der Waals surface area contributed by atoms with Crippen LogP contribution >= 0.6 is 11.6 Å². The Bertz CT molecular complexity index is 991. The molecule has 28 heavy (non-hydrogen) atoms. The average molecular weight is 405 g/mol. The molecule has 0 aliphatic rings. The number of nitrogens with zero attached hydrogens (tertiary/aromatic N) is 5. The van der Waals surface area contributed by atoms with Crippen LogP contribution in [0.25, 0.3) is 11.0 Å². The van der Waals surface area contributed by atoms with Crippen LogP contribution in [-0.2, 0) is 16.0 Å². The lowest BCUT2D eigenvalue weighted by atomic mass is 10.3. The number of halogens is 1. The van der Waals surface area contributed by atoms with Crippen LogP contribution in [-0.4, -0.2) is 50.5 Å². The van der Waals surface area contributed by atoms with Gasteiger partial charge in [0.15, 0.2) is 11.5 Å². The number of nitrogens with one attached hydrogen (secondary N) is 1. The van der Waals surface area contributed by atoms with E-state index in [-0.39, 0.29) is 17.6 Å². The summed E-state index contributed by atoms with van der Waals surface area (Å²) in [4.78, 5) is 25.1. The molecule has 0 bridgehead atoms. The molecule has 0 saturated heterocycles. The van der Waals surface area contributed by atoms with E-state index in [9.17, 15) is 4.79 Å². The second-order valence-electron chi connectivity index (χ2n) is 5.87. The highest BCUT2D eigenvalue weighted by Gasteiger charge is 2.24. The summed E-state index contributed by atoms with van der Waals surface area (Å²) in [6, 6.07) is 3.76. The van der Waals surface area contributed by atoms with Crippen LogP contribution in [0.4, 0.5) is 11.6 Å². The van der Waals surface area contributed by atoms with E-state index in [4.69, 9.17) is 21.1 Å². The summed E-state index contributed by atoms with van der Waals surface area (Å²) in [5.74, 6) is 0.413. The van der Waals surface area contributed by atoms with E-state index < -0.39 is 5.97 Å². The Morgan fingerprint density at radius 3 is 2.82 bits per heavy atom. The fraction of sp³-hybridized carbons (Fsp3) is 0.389. The minimum Gasteiger partial charge on any atom is -0.461 e. The molecule has 10 heteroatoms. The number of aryl methyl sites for hydroxylation is 1. The molecule has 0 aromatic carbocycles. The lowest BCUT2D eigenvalue weighted by Gasteiger charge is -2.09. The lowest BCUT2D eigenvalue weighted by Crippen LogP contribution is -2.11. The van der Waals surface area contributed by atoms with Gasteiger partial charge in [-0.3, -0.25) is 4.68 Å². The molecule has 0 atom stereocenters. The predicted molar refractivity (Wildman–Crippen MR) is 105 cm³/mol. The first-order valence-electron chi connectivity index (χ1n) is 8.92. The molecule has 3 aromatic heterocycles. The maximum absolute atomic E-state index is 12.4. The highest BCUT2D eigenvalue weighted by atomic mass is 35.5. The van der Waals surface area contributed by atoms with Gasteiger partial charge in [-0.15, -0.1) is 0 Å². The number of hydrogen-bond donors (Lipinski definition) is 1. The molecular weight excluding hydrogens is 384 g/mol. The Morgan fingerprint density at radius 2 is 2.11 bits per heavy atom. The molecule has 0 saturated carbocycles. The molecule has 3 aromatic rings. The highest BCUT2D eigenvalue weighted by molar-refractivity contribution is 6.29. The van der Waals surface area contributed by atoms with Crippen LogP contribution in [0.2, 0.25) is 5.28 Å². The van der Waals surface area contributed by atoms with E-state index in [0.717, 1.165) is 5.56 Å². The number of fused-ring (bicyclic) bond motifs is 1. The van der Waals surface area contributed by atoms with Crippen molar-refractivity contribution in [2.75, 3.05) is 25.1 Å². The third-order valence-corrected chi connectivity index (χ3v) is 4.01. The molecule has 3 rings (SSSR count). The molecule has 0 fully saturated rings. The summed E-state index contributed by atoms with van der Waals surface area (Å²) in [5.41, 5.74) is 1.95.